The summed E-state index contributed by atoms with van der Waals surface area (Å²) in [5.41, 5.74) is 0.268. The second-order valence-electron chi connectivity index (χ2n) is 2.48. The van der Waals surface area contributed by atoms with Crippen LogP contribution in [0, 0.1) is 0 Å². The van der Waals surface area contributed by atoms with Gasteiger partial charge in [-0.1, -0.05) is 6.08 Å². The lowest BCUT2D eigenvalue weighted by Gasteiger charge is -1.95. The number of carboxylic acids is 1. The van der Waals surface area contributed by atoms with Gasteiger partial charge in [-0.05, 0) is 24.6 Å². The van der Waals surface area contributed by atoms with Gasteiger partial charge in [-0.2, -0.15) is 0 Å². The minimum atomic E-state index is -0.948. The lowest BCUT2D eigenvalue weighted by molar-refractivity contribution is -0.132. The van der Waals surface area contributed by atoms with Gasteiger partial charge in [-0.15, -0.1) is 6.58 Å². The van der Waals surface area contributed by atoms with E-state index in [1.807, 2.05) is 0 Å². The first-order valence-electron chi connectivity index (χ1n) is 3.82. The molecule has 0 fully saturated rings. The van der Waals surface area contributed by atoms with Gasteiger partial charge in [-0.25, -0.2) is 4.79 Å². The average Bonchev–Trinajstić information content (AvgIpc) is 2.56. The highest BCUT2D eigenvalue weighted by atomic mass is 16.4. The van der Waals surface area contributed by atoms with Crippen molar-refractivity contribution in [2.75, 3.05) is 0 Å². The molecule has 0 radical (unpaired) electrons. The molecule has 0 saturated carbocycles. The quantitative estimate of drug-likeness (QED) is 0.568. The van der Waals surface area contributed by atoms with Gasteiger partial charge in [0.1, 0.15) is 5.76 Å². The summed E-state index contributed by atoms with van der Waals surface area (Å²) in [6.45, 7) is 3.48. The summed E-state index contributed by atoms with van der Waals surface area (Å²) >= 11 is 0. The van der Waals surface area contributed by atoms with Gasteiger partial charge in [0.25, 0.3) is 0 Å². The Morgan fingerprint density at radius 2 is 2.46 bits per heavy atom. The fraction of sp³-hybridized carbons (Fsp3) is 0.100. The van der Waals surface area contributed by atoms with Crippen molar-refractivity contribution < 1.29 is 14.3 Å². The molecule has 13 heavy (non-hydrogen) atoms. The van der Waals surface area contributed by atoms with Crippen LogP contribution in [0.4, 0.5) is 0 Å². The number of hydrogen-bond donors (Lipinski definition) is 1. The van der Waals surface area contributed by atoms with E-state index in [9.17, 15) is 4.79 Å². The van der Waals surface area contributed by atoms with Gasteiger partial charge in [0.2, 0.25) is 0 Å². The number of allylic oxidation sites excluding steroid dienone is 1. The molecule has 0 atom stereocenters. The topological polar surface area (TPSA) is 50.4 Å². The highest BCUT2D eigenvalue weighted by Crippen LogP contribution is 2.10. The number of carbonyl (C=O) groups is 1. The number of furan rings is 1. The van der Waals surface area contributed by atoms with Crippen LogP contribution in [-0.4, -0.2) is 11.1 Å². The molecular weight excluding hydrogens is 168 g/mol. The highest BCUT2D eigenvalue weighted by Gasteiger charge is 2.05. The first kappa shape index (κ1) is 9.32. The van der Waals surface area contributed by atoms with Gasteiger partial charge < -0.3 is 9.52 Å². The van der Waals surface area contributed by atoms with Crippen LogP contribution in [0.15, 0.2) is 41.0 Å². The van der Waals surface area contributed by atoms with E-state index in [1.54, 1.807) is 18.2 Å². The Morgan fingerprint density at radius 3 is 2.92 bits per heavy atom. The molecule has 1 N–H and O–H groups in total. The maximum absolute atomic E-state index is 10.7. The first-order chi connectivity index (χ1) is 6.24. The molecular formula is C10H10O3. The summed E-state index contributed by atoms with van der Waals surface area (Å²) in [6.07, 6.45) is 4.86. The molecule has 0 bridgehead atoms. The van der Waals surface area contributed by atoms with E-state index in [0.717, 1.165) is 0 Å². The van der Waals surface area contributed by atoms with Crippen LogP contribution in [0.3, 0.4) is 0 Å². The van der Waals surface area contributed by atoms with E-state index in [1.165, 1.54) is 12.3 Å². The van der Waals surface area contributed by atoms with E-state index in [2.05, 4.69) is 6.58 Å². The van der Waals surface area contributed by atoms with Gasteiger partial charge in [-0.3, -0.25) is 0 Å². The predicted molar refractivity (Wildman–Crippen MR) is 49.1 cm³/mol. The largest absolute Gasteiger partial charge is 0.478 e. The van der Waals surface area contributed by atoms with Crippen LogP contribution in [0.25, 0.3) is 6.08 Å². The molecule has 0 aliphatic rings. The van der Waals surface area contributed by atoms with Crippen LogP contribution >= 0.6 is 0 Å². The molecule has 0 aliphatic carbocycles. The van der Waals surface area contributed by atoms with Crippen LogP contribution in [0.1, 0.15) is 12.2 Å². The third-order valence-corrected chi connectivity index (χ3v) is 1.50. The zero-order valence-corrected chi connectivity index (χ0v) is 7.06. The van der Waals surface area contributed by atoms with E-state index < -0.39 is 5.97 Å². The Kier molecular flexibility index (Phi) is 3.09. The van der Waals surface area contributed by atoms with Crippen molar-refractivity contribution in [2.45, 2.75) is 6.42 Å². The van der Waals surface area contributed by atoms with E-state index >= 15 is 0 Å². The summed E-state index contributed by atoms with van der Waals surface area (Å²) in [5.74, 6) is -0.407. The number of hydrogen-bond acceptors (Lipinski definition) is 2. The van der Waals surface area contributed by atoms with Crippen LogP contribution < -0.4 is 0 Å². The van der Waals surface area contributed by atoms with Crippen molar-refractivity contribution in [3.05, 3.63) is 42.4 Å². The summed E-state index contributed by atoms with van der Waals surface area (Å²) in [4.78, 5) is 10.7. The van der Waals surface area contributed by atoms with E-state index in [4.69, 9.17) is 9.52 Å². The Bertz CT molecular complexity index is 320. The van der Waals surface area contributed by atoms with Gasteiger partial charge in [0.15, 0.2) is 0 Å². The fourth-order valence-corrected chi connectivity index (χ4v) is 0.909. The average molecular weight is 178 g/mol. The maximum Gasteiger partial charge on any atom is 0.332 e. The summed E-state index contributed by atoms with van der Waals surface area (Å²) in [7, 11) is 0. The van der Waals surface area contributed by atoms with Crippen molar-refractivity contribution in [2.24, 2.45) is 0 Å². The zero-order chi connectivity index (χ0) is 9.68. The molecule has 0 amide bonds. The van der Waals surface area contributed by atoms with Crippen molar-refractivity contribution in [3.63, 3.8) is 0 Å². The Balaban J connectivity index is 2.86. The predicted octanol–water partition coefficient (Wildman–Crippen LogP) is 2.32. The summed E-state index contributed by atoms with van der Waals surface area (Å²) < 4.78 is 4.99. The first-order valence-corrected chi connectivity index (χ1v) is 3.82. The lowest BCUT2D eigenvalue weighted by atomic mass is 10.1. The second-order valence-corrected chi connectivity index (χ2v) is 2.48. The van der Waals surface area contributed by atoms with Crippen LogP contribution in [0.2, 0.25) is 0 Å². The smallest absolute Gasteiger partial charge is 0.332 e. The van der Waals surface area contributed by atoms with Crippen molar-refractivity contribution >= 4 is 12.0 Å². The molecule has 0 unspecified atom stereocenters. The van der Waals surface area contributed by atoms with Crippen molar-refractivity contribution in [1.29, 1.82) is 0 Å². The second kappa shape index (κ2) is 4.30. The molecule has 1 heterocycles. The third kappa shape index (κ3) is 2.63. The minimum Gasteiger partial charge on any atom is -0.478 e. The Labute approximate surface area is 76.0 Å². The normalized spacial score (nSPS) is 11.2. The molecule has 0 spiro atoms. The molecule has 1 aromatic rings. The van der Waals surface area contributed by atoms with Crippen LogP contribution in [0.5, 0.6) is 0 Å². The summed E-state index contributed by atoms with van der Waals surface area (Å²) in [6, 6.07) is 3.41. The number of carboxylic acid groups (broad SMARTS) is 1. The van der Waals surface area contributed by atoms with Crippen molar-refractivity contribution in [3.8, 4) is 0 Å². The SMILES string of the molecule is C=CC/C(=C/c1ccco1)C(=O)O. The van der Waals surface area contributed by atoms with Gasteiger partial charge in [0.05, 0.1) is 6.26 Å². The molecule has 3 heteroatoms. The van der Waals surface area contributed by atoms with Gasteiger partial charge >= 0.3 is 5.97 Å². The molecule has 1 rings (SSSR count). The standard InChI is InChI=1S/C10H10O3/c1-2-4-8(10(11)12)7-9-5-3-6-13-9/h2-3,5-7H,1,4H2,(H,11,12)/b8-7-. The number of rotatable bonds is 4. The van der Waals surface area contributed by atoms with Crippen LogP contribution in [-0.2, 0) is 4.79 Å². The highest BCUT2D eigenvalue weighted by molar-refractivity contribution is 5.91. The lowest BCUT2D eigenvalue weighted by Crippen LogP contribution is -1.98. The minimum absolute atomic E-state index is 0.268. The Hall–Kier alpha value is -1.77. The zero-order valence-electron chi connectivity index (χ0n) is 7.06. The molecule has 68 valence electrons. The molecule has 0 aromatic carbocycles. The van der Waals surface area contributed by atoms with Gasteiger partial charge in [0, 0.05) is 5.57 Å². The number of aliphatic carboxylic acids is 1. The third-order valence-electron chi connectivity index (χ3n) is 1.50. The monoisotopic (exact) mass is 178 g/mol. The fourth-order valence-electron chi connectivity index (χ4n) is 0.909. The summed E-state index contributed by atoms with van der Waals surface area (Å²) in [5, 5.41) is 8.75. The van der Waals surface area contributed by atoms with Crippen molar-refractivity contribution in [1.82, 2.24) is 0 Å². The molecule has 1 aromatic heterocycles. The van der Waals surface area contributed by atoms with E-state index in [0.29, 0.717) is 12.2 Å². The Morgan fingerprint density at radius 1 is 1.69 bits per heavy atom. The van der Waals surface area contributed by atoms with E-state index in [-0.39, 0.29) is 5.57 Å². The molecule has 0 aliphatic heterocycles. The maximum atomic E-state index is 10.7. The molecule has 0 saturated heterocycles. The molecule has 3 nitrogen and oxygen atoms in total.